The van der Waals surface area contributed by atoms with E-state index in [4.69, 9.17) is 4.74 Å². The minimum atomic E-state index is -3.94. The molecular formula is C30H31N3O6S. The average molecular weight is 562 g/mol. The van der Waals surface area contributed by atoms with E-state index >= 15 is 0 Å². The number of ether oxygens (including phenoxy) is 1. The summed E-state index contributed by atoms with van der Waals surface area (Å²) < 4.78 is 33.2. The first kappa shape index (κ1) is 27.7. The van der Waals surface area contributed by atoms with Crippen molar-refractivity contribution in [1.29, 1.82) is 0 Å². The van der Waals surface area contributed by atoms with Gasteiger partial charge in [0.15, 0.2) is 0 Å². The molecule has 3 aromatic rings. The Morgan fingerprint density at radius 1 is 0.925 bits per heavy atom. The number of hydrogen-bond acceptors (Lipinski definition) is 7. The number of hydrogen-bond donors (Lipinski definition) is 1. The van der Waals surface area contributed by atoms with Crippen molar-refractivity contribution >= 4 is 27.8 Å². The molecular weight excluding hydrogens is 530 g/mol. The van der Waals surface area contributed by atoms with Gasteiger partial charge in [0.05, 0.1) is 30.4 Å². The highest BCUT2D eigenvalue weighted by molar-refractivity contribution is 7.89. The van der Waals surface area contributed by atoms with Crippen molar-refractivity contribution in [2.75, 3.05) is 20.7 Å². The molecule has 0 unspecified atom stereocenters. The smallest absolute Gasteiger partial charge is 0.326 e. The normalized spacial score (nSPS) is 24.4. The Morgan fingerprint density at radius 2 is 1.50 bits per heavy atom. The molecule has 0 aromatic heterocycles. The third kappa shape index (κ3) is 4.72. The van der Waals surface area contributed by atoms with Crippen LogP contribution in [0.1, 0.15) is 12.5 Å². The summed E-state index contributed by atoms with van der Waals surface area (Å²) in [4.78, 5) is 41.3. The maximum Gasteiger partial charge on any atom is 0.326 e. The van der Waals surface area contributed by atoms with Gasteiger partial charge in [0.2, 0.25) is 21.8 Å². The lowest BCUT2D eigenvalue weighted by atomic mass is 9.81. The van der Waals surface area contributed by atoms with Gasteiger partial charge >= 0.3 is 5.97 Å². The lowest BCUT2D eigenvalue weighted by Crippen LogP contribution is -2.56. The lowest BCUT2D eigenvalue weighted by molar-refractivity contribution is -0.153. The van der Waals surface area contributed by atoms with Crippen molar-refractivity contribution in [3.63, 3.8) is 0 Å². The van der Waals surface area contributed by atoms with Gasteiger partial charge in [-0.2, -0.15) is 4.31 Å². The van der Waals surface area contributed by atoms with Crippen molar-refractivity contribution in [3.8, 4) is 11.1 Å². The molecule has 2 fully saturated rings. The Labute approximate surface area is 233 Å². The van der Waals surface area contributed by atoms with Crippen LogP contribution in [0.5, 0.6) is 0 Å². The Hall–Kier alpha value is -3.86. The number of rotatable bonds is 8. The van der Waals surface area contributed by atoms with Crippen molar-refractivity contribution in [2.24, 2.45) is 11.8 Å². The van der Waals surface area contributed by atoms with E-state index < -0.39 is 51.2 Å². The number of esters is 1. The van der Waals surface area contributed by atoms with Crippen molar-refractivity contribution in [1.82, 2.24) is 14.5 Å². The van der Waals surface area contributed by atoms with Gasteiger partial charge in [-0.25, -0.2) is 8.42 Å². The Morgan fingerprint density at radius 3 is 2.10 bits per heavy atom. The van der Waals surface area contributed by atoms with Gasteiger partial charge in [0.25, 0.3) is 0 Å². The molecule has 10 heteroatoms. The summed E-state index contributed by atoms with van der Waals surface area (Å²) in [6.45, 7) is 1.47. The van der Waals surface area contributed by atoms with Gasteiger partial charge in [-0.05, 0) is 35.7 Å². The molecule has 2 saturated heterocycles. The van der Waals surface area contributed by atoms with Crippen LogP contribution in [0.2, 0.25) is 0 Å². The Bertz CT molecular complexity index is 1530. The Balaban J connectivity index is 1.40. The van der Waals surface area contributed by atoms with Crippen LogP contribution in [0.4, 0.5) is 0 Å². The van der Waals surface area contributed by atoms with E-state index in [9.17, 15) is 22.8 Å². The standard InChI is InChI=1S/C30H31N3O6S/c1-30(29(36)39-3)26-25(27(34)33(28(26)35)18-20-10-6-4-7-11-20)24(31-30)19-32(2)40(37,38)23-16-14-22(15-17-23)21-12-8-5-9-13-21/h4-17,24-26,31H,18-19H2,1-3H3/t24-,25+,26-,30-/m1/s1. The fourth-order valence-corrected chi connectivity index (χ4v) is 7.01. The second-order valence-corrected chi connectivity index (χ2v) is 12.4. The molecule has 0 spiro atoms. The topological polar surface area (TPSA) is 113 Å². The van der Waals surface area contributed by atoms with Gasteiger partial charge in [-0.1, -0.05) is 72.8 Å². The average Bonchev–Trinajstić information content (AvgIpc) is 3.41. The number of amides is 2. The number of likely N-dealkylation sites (N-methyl/N-ethyl adjacent to an activating group) is 1. The van der Waals surface area contributed by atoms with Crippen LogP contribution in [0, 0.1) is 11.8 Å². The first-order valence-electron chi connectivity index (χ1n) is 12.9. The zero-order chi connectivity index (χ0) is 28.7. The van der Waals surface area contributed by atoms with Crippen LogP contribution in [-0.2, 0) is 35.7 Å². The first-order valence-corrected chi connectivity index (χ1v) is 14.4. The molecule has 1 N–H and O–H groups in total. The van der Waals surface area contributed by atoms with E-state index in [1.54, 1.807) is 24.3 Å². The van der Waals surface area contributed by atoms with Crippen molar-refractivity contribution < 1.29 is 27.5 Å². The molecule has 2 heterocycles. The van der Waals surface area contributed by atoms with E-state index in [1.165, 1.54) is 21.1 Å². The summed E-state index contributed by atoms with van der Waals surface area (Å²) in [5, 5.41) is 3.10. The van der Waals surface area contributed by atoms with E-state index in [0.29, 0.717) is 0 Å². The molecule has 3 aromatic carbocycles. The fourth-order valence-electron chi connectivity index (χ4n) is 5.81. The number of methoxy groups -OCH3 is 1. The number of nitrogens with zero attached hydrogens (tertiary/aromatic N) is 2. The van der Waals surface area contributed by atoms with E-state index in [0.717, 1.165) is 25.9 Å². The highest BCUT2D eigenvalue weighted by Crippen LogP contribution is 2.44. The number of benzene rings is 3. The summed E-state index contributed by atoms with van der Waals surface area (Å²) in [5.41, 5.74) is 1.12. The Kier molecular flexibility index (Phi) is 7.34. The lowest BCUT2D eigenvalue weighted by Gasteiger charge is -2.29. The van der Waals surface area contributed by atoms with Gasteiger partial charge in [-0.15, -0.1) is 0 Å². The predicted octanol–water partition coefficient (Wildman–Crippen LogP) is 2.68. The van der Waals surface area contributed by atoms with E-state index in [2.05, 4.69) is 5.32 Å². The molecule has 0 bridgehead atoms. The summed E-state index contributed by atoms with van der Waals surface area (Å²) >= 11 is 0. The molecule has 0 saturated carbocycles. The van der Waals surface area contributed by atoms with Gasteiger partial charge in [0, 0.05) is 19.6 Å². The summed E-state index contributed by atoms with van der Waals surface area (Å²) in [5.74, 6) is -3.57. The molecule has 40 heavy (non-hydrogen) atoms. The second kappa shape index (κ2) is 10.6. The molecule has 2 amide bonds. The number of likely N-dealkylation sites (tertiary alicyclic amines) is 1. The van der Waals surface area contributed by atoms with Crippen LogP contribution in [0.3, 0.4) is 0 Å². The van der Waals surface area contributed by atoms with Crippen molar-refractivity contribution in [3.05, 3.63) is 90.5 Å². The van der Waals surface area contributed by atoms with E-state index in [1.807, 2.05) is 60.7 Å². The van der Waals surface area contributed by atoms with Crippen LogP contribution in [0.25, 0.3) is 11.1 Å². The van der Waals surface area contributed by atoms with Crippen LogP contribution < -0.4 is 5.32 Å². The molecule has 4 atom stereocenters. The molecule has 0 radical (unpaired) electrons. The molecule has 2 aliphatic rings. The van der Waals surface area contributed by atoms with Gasteiger partial charge < -0.3 is 4.74 Å². The number of fused-ring (bicyclic) bond motifs is 1. The molecule has 2 aliphatic heterocycles. The minimum absolute atomic E-state index is 0.0668. The fraction of sp³-hybridized carbons (Fsp3) is 0.300. The highest BCUT2D eigenvalue weighted by Gasteiger charge is 2.66. The van der Waals surface area contributed by atoms with Crippen LogP contribution in [0.15, 0.2) is 89.8 Å². The summed E-state index contributed by atoms with van der Waals surface area (Å²) in [6, 6.07) is 24.5. The second-order valence-electron chi connectivity index (χ2n) is 10.4. The number of carbonyl (C=O) groups excluding carboxylic acids is 3. The minimum Gasteiger partial charge on any atom is -0.468 e. The largest absolute Gasteiger partial charge is 0.468 e. The third-order valence-corrected chi connectivity index (χ3v) is 9.74. The molecule has 5 rings (SSSR count). The third-order valence-electron chi connectivity index (χ3n) is 7.90. The summed E-state index contributed by atoms with van der Waals surface area (Å²) in [6.07, 6.45) is 0. The van der Waals surface area contributed by atoms with Crippen molar-refractivity contribution in [2.45, 2.75) is 29.9 Å². The van der Waals surface area contributed by atoms with Crippen LogP contribution in [-0.4, -0.2) is 67.7 Å². The first-order chi connectivity index (χ1) is 19.1. The maximum atomic E-state index is 13.6. The molecule has 9 nitrogen and oxygen atoms in total. The number of imide groups is 1. The maximum absolute atomic E-state index is 13.6. The number of nitrogens with one attached hydrogen (secondary N) is 1. The van der Waals surface area contributed by atoms with Gasteiger partial charge in [-0.3, -0.25) is 24.6 Å². The van der Waals surface area contributed by atoms with Crippen LogP contribution >= 0.6 is 0 Å². The molecule has 0 aliphatic carbocycles. The quantitative estimate of drug-likeness (QED) is 0.332. The zero-order valence-electron chi connectivity index (χ0n) is 22.5. The van der Waals surface area contributed by atoms with E-state index in [-0.39, 0.29) is 18.0 Å². The van der Waals surface area contributed by atoms with Gasteiger partial charge in [0.1, 0.15) is 5.54 Å². The SMILES string of the molecule is COC(=O)[C@]1(C)N[C@H](CN(C)S(=O)(=O)c2ccc(-c3ccccc3)cc2)[C@@H]2C(=O)N(Cc3ccccc3)C(=O)[C@@H]21. The summed E-state index contributed by atoms with van der Waals surface area (Å²) in [7, 11) is -1.30. The number of carbonyl (C=O) groups is 3. The predicted molar refractivity (Wildman–Crippen MR) is 148 cm³/mol. The highest BCUT2D eigenvalue weighted by atomic mass is 32.2. The monoisotopic (exact) mass is 561 g/mol. The number of sulfonamides is 1. The molecule has 208 valence electrons. The zero-order valence-corrected chi connectivity index (χ0v) is 23.3.